The lowest BCUT2D eigenvalue weighted by molar-refractivity contribution is -0.143. The van der Waals surface area contributed by atoms with Crippen molar-refractivity contribution in [2.24, 2.45) is 0 Å². The molecule has 36 heavy (non-hydrogen) atoms. The first-order chi connectivity index (χ1) is 17.3. The molecule has 1 amide bonds. The van der Waals surface area contributed by atoms with Gasteiger partial charge in [0.2, 0.25) is 5.88 Å². The van der Waals surface area contributed by atoms with Gasteiger partial charge in [-0.2, -0.15) is 28.5 Å². The molecule has 0 bridgehead atoms. The number of para-hydroxylation sites is 1. The molecule has 0 aliphatic carbocycles. The molecule has 0 saturated carbocycles. The number of amides is 1. The number of methoxy groups -OCH3 is 1. The van der Waals surface area contributed by atoms with Gasteiger partial charge in [0.05, 0.1) is 59.4 Å². The topological polar surface area (TPSA) is 113 Å². The molecule has 0 saturated heterocycles. The van der Waals surface area contributed by atoms with Crippen LogP contribution < -0.4 is 10.1 Å². The fourth-order valence-corrected chi connectivity index (χ4v) is 3.79. The number of carbonyl (C=O) groups excluding carboxylic acids is 1. The second-order valence-corrected chi connectivity index (χ2v) is 7.73. The Kier molecular flexibility index (Phi) is 5.76. The molecule has 10 nitrogen and oxygen atoms in total. The Balaban J connectivity index is 1.56. The summed E-state index contributed by atoms with van der Waals surface area (Å²) in [5.74, 6) is -0.783. The van der Waals surface area contributed by atoms with Gasteiger partial charge in [0.25, 0.3) is 5.91 Å². The molecule has 5 rings (SSSR count). The molecular weight excluding hydrogens is 501 g/mol. The number of fused-ring (bicyclic) bond motifs is 1. The normalized spacial score (nSPS) is 11.6. The van der Waals surface area contributed by atoms with Crippen molar-refractivity contribution in [2.45, 2.75) is 6.18 Å². The lowest BCUT2D eigenvalue weighted by Crippen LogP contribution is -2.21. The van der Waals surface area contributed by atoms with Crippen molar-refractivity contribution in [2.75, 3.05) is 12.4 Å². The van der Waals surface area contributed by atoms with Crippen molar-refractivity contribution in [1.82, 2.24) is 34.7 Å². The predicted molar refractivity (Wildman–Crippen MR) is 123 cm³/mol. The maximum Gasteiger partial charge on any atom is 0.434 e. The Bertz CT molecular complexity index is 1580. The van der Waals surface area contributed by atoms with Crippen LogP contribution >= 0.6 is 11.6 Å². The van der Waals surface area contributed by atoms with E-state index in [1.165, 1.54) is 37.8 Å². The summed E-state index contributed by atoms with van der Waals surface area (Å²) in [6, 6.07) is 9.22. The molecule has 14 heteroatoms. The zero-order valence-corrected chi connectivity index (χ0v) is 19.0. The van der Waals surface area contributed by atoms with Crippen LogP contribution in [0.3, 0.4) is 0 Å². The Hall–Kier alpha value is -4.52. The minimum atomic E-state index is -4.92. The summed E-state index contributed by atoms with van der Waals surface area (Å²) in [7, 11) is 1.35. The summed E-state index contributed by atoms with van der Waals surface area (Å²) in [5.41, 5.74) is -1.46. The van der Waals surface area contributed by atoms with Crippen LogP contribution in [0.15, 0.2) is 61.2 Å². The van der Waals surface area contributed by atoms with Crippen LogP contribution in [0.1, 0.15) is 16.1 Å². The van der Waals surface area contributed by atoms with Gasteiger partial charge in [0, 0.05) is 11.5 Å². The molecule has 0 fully saturated rings. The van der Waals surface area contributed by atoms with Crippen molar-refractivity contribution in [3.63, 3.8) is 0 Å². The second kappa shape index (κ2) is 8.92. The second-order valence-electron chi connectivity index (χ2n) is 7.32. The lowest BCUT2D eigenvalue weighted by Gasteiger charge is -2.15. The van der Waals surface area contributed by atoms with E-state index in [-0.39, 0.29) is 28.1 Å². The molecule has 182 valence electrons. The van der Waals surface area contributed by atoms with Crippen LogP contribution in [-0.4, -0.2) is 47.8 Å². The Morgan fingerprint density at radius 3 is 2.53 bits per heavy atom. The molecule has 5 aromatic rings. The van der Waals surface area contributed by atoms with Crippen molar-refractivity contribution in [3.8, 4) is 17.4 Å². The minimum Gasteiger partial charge on any atom is -0.481 e. The van der Waals surface area contributed by atoms with E-state index in [9.17, 15) is 18.0 Å². The van der Waals surface area contributed by atoms with Gasteiger partial charge in [-0.15, -0.1) is 4.80 Å². The minimum absolute atomic E-state index is 0.0459. The van der Waals surface area contributed by atoms with Gasteiger partial charge >= 0.3 is 6.18 Å². The highest BCUT2D eigenvalue weighted by atomic mass is 35.5. The summed E-state index contributed by atoms with van der Waals surface area (Å²) < 4.78 is 48.5. The van der Waals surface area contributed by atoms with Crippen molar-refractivity contribution >= 4 is 34.1 Å². The van der Waals surface area contributed by atoms with E-state index in [2.05, 4.69) is 30.6 Å². The summed E-state index contributed by atoms with van der Waals surface area (Å²) in [6.45, 7) is 0. The van der Waals surface area contributed by atoms with Crippen LogP contribution in [0.25, 0.3) is 22.4 Å². The van der Waals surface area contributed by atoms with Gasteiger partial charge in [-0.1, -0.05) is 29.8 Å². The van der Waals surface area contributed by atoms with Gasteiger partial charge in [0.1, 0.15) is 0 Å². The molecule has 4 aromatic heterocycles. The van der Waals surface area contributed by atoms with Crippen LogP contribution in [0.5, 0.6) is 5.88 Å². The highest BCUT2D eigenvalue weighted by molar-refractivity contribution is 6.32. The molecule has 4 heterocycles. The van der Waals surface area contributed by atoms with Crippen LogP contribution in [-0.2, 0) is 6.18 Å². The first-order valence-electron chi connectivity index (χ1n) is 10.2. The van der Waals surface area contributed by atoms with Crippen LogP contribution in [0, 0.1) is 0 Å². The highest BCUT2D eigenvalue weighted by Gasteiger charge is 2.41. The van der Waals surface area contributed by atoms with Gasteiger partial charge < -0.3 is 10.1 Å². The van der Waals surface area contributed by atoms with E-state index >= 15 is 0 Å². The van der Waals surface area contributed by atoms with Gasteiger partial charge in [-0.25, -0.2) is 14.6 Å². The number of anilines is 1. The fourth-order valence-electron chi connectivity index (χ4n) is 3.55. The predicted octanol–water partition coefficient (Wildman–Crippen LogP) is 4.33. The van der Waals surface area contributed by atoms with Gasteiger partial charge in [-0.05, 0) is 12.1 Å². The van der Waals surface area contributed by atoms with Gasteiger partial charge in [-0.3, -0.25) is 4.79 Å². The maximum absolute atomic E-state index is 14.2. The highest BCUT2D eigenvalue weighted by Crippen LogP contribution is 2.36. The number of nitrogens with one attached hydrogen (secondary N) is 1. The number of halogens is 4. The van der Waals surface area contributed by atoms with E-state index < -0.39 is 23.3 Å². The first kappa shape index (κ1) is 23.2. The number of hydrogen-bond donors (Lipinski definition) is 1. The first-order valence-corrected chi connectivity index (χ1v) is 10.6. The number of hydrogen-bond acceptors (Lipinski definition) is 7. The summed E-state index contributed by atoms with van der Waals surface area (Å²) in [5, 5.41) is 14.6. The number of ether oxygens (including phenoxy) is 1. The number of rotatable bonds is 5. The van der Waals surface area contributed by atoms with E-state index in [1.54, 1.807) is 24.3 Å². The molecular formula is C22H14ClF3N8O2. The summed E-state index contributed by atoms with van der Waals surface area (Å²) >= 11 is 6.19. The Morgan fingerprint density at radius 1 is 1.08 bits per heavy atom. The Labute approximate surface area is 205 Å². The monoisotopic (exact) mass is 514 g/mol. The summed E-state index contributed by atoms with van der Waals surface area (Å²) in [4.78, 5) is 22.4. The third kappa shape index (κ3) is 4.20. The van der Waals surface area contributed by atoms with E-state index in [0.29, 0.717) is 15.6 Å². The van der Waals surface area contributed by atoms with E-state index in [1.807, 2.05) is 0 Å². The molecule has 0 unspecified atom stereocenters. The number of carbonyl (C=O) groups is 1. The number of nitrogens with zero attached hydrogens (tertiary/aromatic N) is 7. The summed E-state index contributed by atoms with van der Waals surface area (Å²) in [6.07, 6.45) is -0.0121. The average molecular weight is 515 g/mol. The molecule has 0 spiro atoms. The molecule has 0 radical (unpaired) electrons. The molecule has 0 aliphatic heterocycles. The fraction of sp³-hybridized carbons (Fsp3) is 0.0909. The molecule has 0 atom stereocenters. The van der Waals surface area contributed by atoms with E-state index in [4.69, 9.17) is 16.3 Å². The number of pyridine rings is 2. The number of benzene rings is 1. The maximum atomic E-state index is 14.2. The van der Waals surface area contributed by atoms with Crippen LogP contribution in [0.2, 0.25) is 5.02 Å². The standard InChI is InChI=1S/C22H14ClF3N8O2/c1-36-18-9-17(13-4-2-3-5-16(13)32-18)33-19(22(24,25)26)14(11-30-33)21(35)31-12-8-15(23)20(27-10-12)34-28-6-7-29-34/h2-11H,1H3,(H,31,35). The number of aromatic nitrogens is 7. The van der Waals surface area contributed by atoms with Crippen molar-refractivity contribution in [1.29, 1.82) is 0 Å². The molecule has 0 aliphatic rings. The van der Waals surface area contributed by atoms with Gasteiger partial charge in [0.15, 0.2) is 11.5 Å². The largest absolute Gasteiger partial charge is 0.481 e. The quantitative estimate of drug-likeness (QED) is 0.371. The van der Waals surface area contributed by atoms with Crippen LogP contribution in [0.4, 0.5) is 18.9 Å². The third-order valence-electron chi connectivity index (χ3n) is 5.08. The average Bonchev–Trinajstić information content (AvgIpc) is 3.54. The zero-order chi connectivity index (χ0) is 25.4. The third-order valence-corrected chi connectivity index (χ3v) is 5.36. The smallest absolute Gasteiger partial charge is 0.434 e. The van der Waals surface area contributed by atoms with E-state index in [0.717, 1.165) is 11.0 Å². The SMILES string of the molecule is COc1cc(-n2ncc(C(=O)Nc3cnc(-n4nccn4)c(Cl)c3)c2C(F)(F)F)c2ccccc2n1. The lowest BCUT2D eigenvalue weighted by atomic mass is 10.1. The molecule has 1 aromatic carbocycles. The van der Waals surface area contributed by atoms with Crippen molar-refractivity contribution in [3.05, 3.63) is 77.5 Å². The van der Waals surface area contributed by atoms with Crippen molar-refractivity contribution < 1.29 is 22.7 Å². The number of alkyl halides is 3. The Morgan fingerprint density at radius 2 is 1.83 bits per heavy atom. The zero-order valence-electron chi connectivity index (χ0n) is 18.2. The molecule has 1 N–H and O–H groups in total.